The molecule has 2 heteroatoms. The zero-order valence-electron chi connectivity index (χ0n) is 7.28. The molecular weight excluding hydrogens is 136 g/mol. The minimum Gasteiger partial charge on any atom is -0.288 e. The third-order valence-corrected chi connectivity index (χ3v) is 1.55. The quantitative estimate of drug-likeness (QED) is 0.503. The molecule has 0 bridgehead atoms. The lowest BCUT2D eigenvalue weighted by atomic mass is 10.2. The van der Waals surface area contributed by atoms with E-state index < -0.39 is 0 Å². The van der Waals surface area contributed by atoms with Gasteiger partial charge < -0.3 is 0 Å². The molecule has 1 aliphatic heterocycles. The normalized spacial score (nSPS) is 35.7. The lowest BCUT2D eigenvalue weighted by molar-refractivity contribution is 0.892. The van der Waals surface area contributed by atoms with Gasteiger partial charge in [0.25, 0.3) is 0 Å². The number of rotatable bonds is 0. The first-order valence-corrected chi connectivity index (χ1v) is 3.93. The van der Waals surface area contributed by atoms with Crippen molar-refractivity contribution in [3.05, 3.63) is 11.6 Å². The predicted molar refractivity (Wildman–Crippen MR) is 49.7 cm³/mol. The largest absolute Gasteiger partial charge is 0.288 e. The Morgan fingerprint density at radius 3 is 2.64 bits per heavy atom. The number of hydrogen-bond acceptors (Lipinski definition) is 2. The van der Waals surface area contributed by atoms with Crippen molar-refractivity contribution in [1.82, 2.24) is 0 Å². The van der Waals surface area contributed by atoms with Gasteiger partial charge in [-0.2, -0.15) is 0 Å². The van der Waals surface area contributed by atoms with Gasteiger partial charge in [0.2, 0.25) is 0 Å². The molecule has 1 heterocycles. The van der Waals surface area contributed by atoms with Gasteiger partial charge in [-0.25, -0.2) is 0 Å². The lowest BCUT2D eigenvalue weighted by Gasteiger charge is -2.06. The standard InChI is InChI=1S/C9H14N2/c1-7-4-8(2)11-6-9(3)10-5-7/h4-6,8-9H,1-3H3/b7-4-,10-5?,11-6?. The molecule has 2 unspecified atom stereocenters. The van der Waals surface area contributed by atoms with Crippen molar-refractivity contribution in [3.8, 4) is 0 Å². The van der Waals surface area contributed by atoms with Crippen molar-refractivity contribution in [3.63, 3.8) is 0 Å². The Morgan fingerprint density at radius 1 is 1.18 bits per heavy atom. The van der Waals surface area contributed by atoms with E-state index in [2.05, 4.69) is 23.0 Å². The molecular formula is C9H14N2. The summed E-state index contributed by atoms with van der Waals surface area (Å²) in [5.74, 6) is 0. The highest BCUT2D eigenvalue weighted by Gasteiger charge is 1.99. The minimum atomic E-state index is 0.223. The first-order chi connectivity index (χ1) is 5.18. The summed E-state index contributed by atoms with van der Waals surface area (Å²) < 4.78 is 0. The summed E-state index contributed by atoms with van der Waals surface area (Å²) in [6.07, 6.45) is 5.91. The summed E-state index contributed by atoms with van der Waals surface area (Å²) in [5, 5.41) is 0. The minimum absolute atomic E-state index is 0.223. The van der Waals surface area contributed by atoms with E-state index in [9.17, 15) is 0 Å². The summed E-state index contributed by atoms with van der Waals surface area (Å²) in [6.45, 7) is 6.16. The SMILES string of the molecule is C/C1=C/C(C)N=CC(C)N=C1. The van der Waals surface area contributed by atoms with Crippen LogP contribution in [0.25, 0.3) is 0 Å². The van der Waals surface area contributed by atoms with Gasteiger partial charge in [-0.15, -0.1) is 0 Å². The van der Waals surface area contributed by atoms with Crippen molar-refractivity contribution >= 4 is 12.4 Å². The van der Waals surface area contributed by atoms with Crippen LogP contribution >= 0.6 is 0 Å². The first-order valence-electron chi connectivity index (χ1n) is 3.93. The van der Waals surface area contributed by atoms with E-state index in [4.69, 9.17) is 0 Å². The third-order valence-electron chi connectivity index (χ3n) is 1.55. The fourth-order valence-corrected chi connectivity index (χ4v) is 1.00. The van der Waals surface area contributed by atoms with Crippen LogP contribution in [0.3, 0.4) is 0 Å². The average molecular weight is 150 g/mol. The molecule has 0 amide bonds. The molecule has 1 aliphatic rings. The first kappa shape index (κ1) is 8.18. The molecule has 0 aromatic heterocycles. The van der Waals surface area contributed by atoms with Crippen LogP contribution in [0.2, 0.25) is 0 Å². The smallest absolute Gasteiger partial charge is 0.0818 e. The summed E-state index contributed by atoms with van der Waals surface area (Å²) >= 11 is 0. The molecule has 2 nitrogen and oxygen atoms in total. The van der Waals surface area contributed by atoms with Crippen LogP contribution in [0.1, 0.15) is 20.8 Å². The van der Waals surface area contributed by atoms with Crippen molar-refractivity contribution in [2.24, 2.45) is 9.98 Å². The van der Waals surface area contributed by atoms with Gasteiger partial charge in [0.05, 0.1) is 12.1 Å². The average Bonchev–Trinajstić information content (AvgIpc) is 1.95. The lowest BCUT2D eigenvalue weighted by Crippen LogP contribution is -2.06. The van der Waals surface area contributed by atoms with E-state index >= 15 is 0 Å². The summed E-state index contributed by atoms with van der Waals surface area (Å²) in [6, 6.07) is 0.519. The maximum atomic E-state index is 4.30. The Balaban J connectivity index is 2.82. The van der Waals surface area contributed by atoms with Crippen LogP contribution in [0.4, 0.5) is 0 Å². The molecule has 0 saturated carbocycles. The molecule has 0 aromatic rings. The van der Waals surface area contributed by atoms with E-state index in [0.717, 1.165) is 0 Å². The van der Waals surface area contributed by atoms with Gasteiger partial charge in [-0.05, 0) is 26.3 Å². The van der Waals surface area contributed by atoms with E-state index in [1.807, 2.05) is 26.3 Å². The van der Waals surface area contributed by atoms with Crippen LogP contribution in [0.5, 0.6) is 0 Å². The highest BCUT2D eigenvalue weighted by Crippen LogP contribution is 2.01. The van der Waals surface area contributed by atoms with Gasteiger partial charge in [0.15, 0.2) is 0 Å². The zero-order valence-corrected chi connectivity index (χ0v) is 7.28. The van der Waals surface area contributed by atoms with Gasteiger partial charge in [-0.3, -0.25) is 9.98 Å². The topological polar surface area (TPSA) is 24.7 Å². The number of hydrogen-bond donors (Lipinski definition) is 0. The molecule has 0 saturated heterocycles. The van der Waals surface area contributed by atoms with Crippen LogP contribution in [0, 0.1) is 0 Å². The molecule has 0 radical (unpaired) electrons. The van der Waals surface area contributed by atoms with E-state index in [1.165, 1.54) is 5.57 Å². The van der Waals surface area contributed by atoms with Gasteiger partial charge in [0, 0.05) is 12.4 Å². The third kappa shape index (κ3) is 2.66. The molecule has 60 valence electrons. The molecule has 0 aromatic carbocycles. The zero-order chi connectivity index (χ0) is 8.27. The molecule has 0 spiro atoms. The Kier molecular flexibility index (Phi) is 2.58. The van der Waals surface area contributed by atoms with Crippen LogP contribution in [-0.2, 0) is 0 Å². The number of nitrogens with zero attached hydrogens (tertiary/aromatic N) is 2. The van der Waals surface area contributed by atoms with Crippen molar-refractivity contribution < 1.29 is 0 Å². The highest BCUT2D eigenvalue weighted by atomic mass is 14.8. The Labute approximate surface area is 67.8 Å². The summed E-state index contributed by atoms with van der Waals surface area (Å²) in [7, 11) is 0. The van der Waals surface area contributed by atoms with Gasteiger partial charge in [0.1, 0.15) is 0 Å². The second kappa shape index (κ2) is 3.46. The fourth-order valence-electron chi connectivity index (χ4n) is 1.00. The van der Waals surface area contributed by atoms with Gasteiger partial charge >= 0.3 is 0 Å². The molecule has 0 aliphatic carbocycles. The highest BCUT2D eigenvalue weighted by molar-refractivity contribution is 5.81. The molecule has 2 atom stereocenters. The predicted octanol–water partition coefficient (Wildman–Crippen LogP) is 1.86. The fraction of sp³-hybridized carbons (Fsp3) is 0.556. The number of aliphatic imine (C=N–C) groups is 2. The maximum absolute atomic E-state index is 4.30. The maximum Gasteiger partial charge on any atom is 0.0818 e. The molecule has 0 N–H and O–H groups in total. The monoisotopic (exact) mass is 150 g/mol. The number of allylic oxidation sites excluding steroid dienone is 1. The Bertz CT molecular complexity index is 214. The second-order valence-corrected chi connectivity index (χ2v) is 2.97. The van der Waals surface area contributed by atoms with Crippen molar-refractivity contribution in [1.29, 1.82) is 0 Å². The van der Waals surface area contributed by atoms with E-state index in [1.54, 1.807) is 0 Å². The second-order valence-electron chi connectivity index (χ2n) is 2.97. The molecule has 1 rings (SSSR count). The summed E-state index contributed by atoms with van der Waals surface area (Å²) in [5.41, 5.74) is 1.20. The molecule has 11 heavy (non-hydrogen) atoms. The van der Waals surface area contributed by atoms with E-state index in [0.29, 0.717) is 6.04 Å². The Morgan fingerprint density at radius 2 is 1.91 bits per heavy atom. The molecule has 0 fully saturated rings. The van der Waals surface area contributed by atoms with E-state index in [-0.39, 0.29) is 6.04 Å². The van der Waals surface area contributed by atoms with Crippen LogP contribution < -0.4 is 0 Å². The van der Waals surface area contributed by atoms with Crippen molar-refractivity contribution in [2.45, 2.75) is 32.9 Å². The van der Waals surface area contributed by atoms with Crippen LogP contribution in [0.15, 0.2) is 21.6 Å². The van der Waals surface area contributed by atoms with Crippen molar-refractivity contribution in [2.75, 3.05) is 0 Å². The summed E-state index contributed by atoms with van der Waals surface area (Å²) in [4.78, 5) is 8.56. The van der Waals surface area contributed by atoms with Crippen LogP contribution in [-0.4, -0.2) is 24.5 Å². The Hall–Kier alpha value is -0.920. The van der Waals surface area contributed by atoms with Gasteiger partial charge in [-0.1, -0.05) is 6.08 Å².